The molecule has 1 aliphatic rings. The highest BCUT2D eigenvalue weighted by molar-refractivity contribution is 5.35. The number of rotatable bonds is 5. The molecule has 2 aromatic rings. The molecule has 0 spiro atoms. The summed E-state index contributed by atoms with van der Waals surface area (Å²) >= 11 is 0. The van der Waals surface area contributed by atoms with Crippen LogP contribution in [-0.2, 0) is 9.47 Å². The molecule has 3 rings (SSSR count). The third-order valence-electron chi connectivity index (χ3n) is 3.45. The highest BCUT2D eigenvalue weighted by Crippen LogP contribution is 2.22. The van der Waals surface area contributed by atoms with Gasteiger partial charge in [-0.05, 0) is 0 Å². The van der Waals surface area contributed by atoms with Gasteiger partial charge in [-0.1, -0.05) is 0 Å². The van der Waals surface area contributed by atoms with Gasteiger partial charge >= 0.3 is 0 Å². The van der Waals surface area contributed by atoms with Crippen molar-refractivity contribution < 1.29 is 9.47 Å². The van der Waals surface area contributed by atoms with E-state index in [1.807, 2.05) is 0 Å². The Hall–Kier alpha value is -2.26. The lowest BCUT2D eigenvalue weighted by Gasteiger charge is -2.25. The Balaban J connectivity index is 1.76. The van der Waals surface area contributed by atoms with E-state index in [2.05, 4.69) is 25.3 Å². The van der Waals surface area contributed by atoms with E-state index in [0.717, 1.165) is 6.42 Å². The average Bonchev–Trinajstić information content (AvgIpc) is 3.17. The summed E-state index contributed by atoms with van der Waals surface area (Å²) in [6.45, 7) is 1.77. The number of aromatic nitrogens is 5. The molecule has 9 nitrogen and oxygen atoms in total. The Morgan fingerprint density at radius 3 is 3.05 bits per heavy atom. The second-order valence-electron chi connectivity index (χ2n) is 4.83. The molecule has 0 bridgehead atoms. The third-order valence-corrected chi connectivity index (χ3v) is 3.45. The molecule has 1 saturated heterocycles. The van der Waals surface area contributed by atoms with Gasteiger partial charge < -0.3 is 20.5 Å². The second kappa shape index (κ2) is 5.62. The first kappa shape index (κ1) is 13.7. The van der Waals surface area contributed by atoms with Crippen LogP contribution in [0.4, 0.5) is 11.9 Å². The number of nitrogens with zero attached hydrogens (tertiary/aromatic N) is 5. The van der Waals surface area contributed by atoms with Crippen molar-refractivity contribution in [1.29, 1.82) is 0 Å². The fourth-order valence-electron chi connectivity index (χ4n) is 2.15. The van der Waals surface area contributed by atoms with Crippen LogP contribution in [0.2, 0.25) is 0 Å². The Bertz CT molecular complexity index is 596. The minimum absolute atomic E-state index is 0.144. The first-order valence-electron chi connectivity index (χ1n) is 6.57. The van der Waals surface area contributed by atoms with Crippen LogP contribution in [0.3, 0.4) is 0 Å². The summed E-state index contributed by atoms with van der Waals surface area (Å²) < 4.78 is 12.6. The summed E-state index contributed by atoms with van der Waals surface area (Å²) in [5.41, 5.74) is 5.37. The van der Waals surface area contributed by atoms with Crippen LogP contribution < -0.4 is 11.1 Å². The van der Waals surface area contributed by atoms with Crippen molar-refractivity contribution in [3.05, 3.63) is 18.7 Å². The highest BCUT2D eigenvalue weighted by Gasteiger charge is 2.35. The number of ether oxygens (including phenoxy) is 2. The third kappa shape index (κ3) is 2.93. The molecule has 21 heavy (non-hydrogen) atoms. The van der Waals surface area contributed by atoms with Gasteiger partial charge in [0.2, 0.25) is 17.8 Å². The maximum atomic E-state index is 5.72. The van der Waals surface area contributed by atoms with E-state index in [1.54, 1.807) is 30.4 Å². The monoisotopic (exact) mass is 291 g/mol. The number of anilines is 2. The molecule has 1 atom stereocenters. The number of hydrogen-bond donors (Lipinski definition) is 2. The lowest BCUT2D eigenvalue weighted by Crippen LogP contribution is -2.40. The Morgan fingerprint density at radius 2 is 2.38 bits per heavy atom. The zero-order valence-electron chi connectivity index (χ0n) is 11.7. The van der Waals surface area contributed by atoms with Gasteiger partial charge in [0.15, 0.2) is 0 Å². The lowest BCUT2D eigenvalue weighted by atomic mass is 10.0. The van der Waals surface area contributed by atoms with Crippen molar-refractivity contribution >= 4 is 11.9 Å². The molecule has 3 heterocycles. The number of methoxy groups -OCH3 is 1. The molecule has 0 aromatic carbocycles. The molecule has 1 aliphatic heterocycles. The highest BCUT2D eigenvalue weighted by atomic mass is 16.5. The zero-order valence-corrected chi connectivity index (χ0v) is 11.7. The maximum absolute atomic E-state index is 5.72. The molecular weight excluding hydrogens is 274 g/mol. The number of nitrogens with one attached hydrogen (secondary N) is 1. The van der Waals surface area contributed by atoms with Crippen LogP contribution in [0.5, 0.6) is 0 Å². The molecule has 0 saturated carbocycles. The van der Waals surface area contributed by atoms with Crippen molar-refractivity contribution in [2.24, 2.45) is 0 Å². The summed E-state index contributed by atoms with van der Waals surface area (Å²) in [6.07, 6.45) is 5.80. The van der Waals surface area contributed by atoms with E-state index in [9.17, 15) is 0 Å². The largest absolute Gasteiger partial charge is 0.378 e. The minimum atomic E-state index is -0.351. The van der Waals surface area contributed by atoms with Gasteiger partial charge in [-0.25, -0.2) is 4.98 Å². The normalized spacial score (nSPS) is 21.6. The average molecular weight is 291 g/mol. The van der Waals surface area contributed by atoms with Crippen LogP contribution in [0.15, 0.2) is 18.7 Å². The Morgan fingerprint density at radius 1 is 1.48 bits per heavy atom. The smallest absolute Gasteiger partial charge is 0.241 e. The van der Waals surface area contributed by atoms with Crippen LogP contribution in [-0.4, -0.2) is 57.0 Å². The van der Waals surface area contributed by atoms with Crippen LogP contribution in [0, 0.1) is 0 Å². The lowest BCUT2D eigenvalue weighted by molar-refractivity contribution is -0.00631. The predicted octanol–water partition coefficient (Wildman–Crippen LogP) is -0.143. The van der Waals surface area contributed by atoms with E-state index < -0.39 is 0 Å². The van der Waals surface area contributed by atoms with Gasteiger partial charge in [0, 0.05) is 39.1 Å². The van der Waals surface area contributed by atoms with Crippen LogP contribution in [0.25, 0.3) is 5.95 Å². The van der Waals surface area contributed by atoms with Gasteiger partial charge in [-0.15, -0.1) is 0 Å². The van der Waals surface area contributed by atoms with Gasteiger partial charge in [0.05, 0.1) is 6.61 Å². The molecule has 1 fully saturated rings. The summed E-state index contributed by atoms with van der Waals surface area (Å²) in [5.74, 6) is 0.955. The predicted molar refractivity (Wildman–Crippen MR) is 75.0 cm³/mol. The number of nitrogens with two attached hydrogens (primary N) is 1. The van der Waals surface area contributed by atoms with E-state index >= 15 is 0 Å². The summed E-state index contributed by atoms with van der Waals surface area (Å²) in [7, 11) is 1.68. The maximum Gasteiger partial charge on any atom is 0.241 e. The fourth-order valence-corrected chi connectivity index (χ4v) is 2.15. The standard InChI is InChI=1S/C12H17N7O2/c1-20-12(2-5-21-7-12)6-15-10-16-9(13)17-11(18-10)19-4-3-14-8-19/h3-4,8H,2,5-7H2,1H3,(H3,13,15,16,17,18). The van der Waals surface area contributed by atoms with E-state index in [-0.39, 0.29) is 11.5 Å². The molecule has 1 unspecified atom stereocenters. The van der Waals surface area contributed by atoms with Crippen LogP contribution >= 0.6 is 0 Å². The van der Waals surface area contributed by atoms with Crippen molar-refractivity contribution in [2.75, 3.05) is 37.9 Å². The first-order valence-corrected chi connectivity index (χ1v) is 6.57. The molecule has 0 aliphatic carbocycles. The molecule has 3 N–H and O–H groups in total. The van der Waals surface area contributed by atoms with Gasteiger partial charge in [0.25, 0.3) is 0 Å². The first-order chi connectivity index (χ1) is 10.2. The number of imidazole rings is 1. The number of nitrogen functional groups attached to an aromatic ring is 1. The molecule has 9 heteroatoms. The van der Waals surface area contributed by atoms with Crippen molar-refractivity contribution in [3.8, 4) is 5.95 Å². The minimum Gasteiger partial charge on any atom is -0.378 e. The SMILES string of the molecule is COC1(CNc2nc(N)nc(-n3ccnc3)n2)CCOC1. The summed E-state index contributed by atoms with van der Waals surface area (Å²) in [6, 6.07) is 0. The van der Waals surface area contributed by atoms with Crippen molar-refractivity contribution in [1.82, 2.24) is 24.5 Å². The van der Waals surface area contributed by atoms with Gasteiger partial charge in [0.1, 0.15) is 11.9 Å². The summed E-state index contributed by atoms with van der Waals surface area (Å²) in [4.78, 5) is 16.4. The summed E-state index contributed by atoms with van der Waals surface area (Å²) in [5, 5.41) is 3.14. The van der Waals surface area contributed by atoms with Gasteiger partial charge in [-0.2, -0.15) is 15.0 Å². The molecule has 2 aromatic heterocycles. The van der Waals surface area contributed by atoms with E-state index in [1.165, 1.54) is 0 Å². The van der Waals surface area contributed by atoms with Crippen molar-refractivity contribution in [2.45, 2.75) is 12.0 Å². The van der Waals surface area contributed by atoms with Crippen LogP contribution in [0.1, 0.15) is 6.42 Å². The van der Waals surface area contributed by atoms with Crippen molar-refractivity contribution in [3.63, 3.8) is 0 Å². The van der Waals surface area contributed by atoms with E-state index in [4.69, 9.17) is 15.2 Å². The molecule has 0 amide bonds. The Kier molecular flexibility index (Phi) is 3.67. The second-order valence-corrected chi connectivity index (χ2v) is 4.83. The zero-order chi connectivity index (χ0) is 14.7. The number of hydrogen-bond acceptors (Lipinski definition) is 8. The van der Waals surface area contributed by atoms with Gasteiger partial charge in [-0.3, -0.25) is 4.57 Å². The Labute approximate surface area is 121 Å². The fraction of sp³-hybridized carbons (Fsp3) is 0.500. The van der Waals surface area contributed by atoms with E-state index in [0.29, 0.717) is 31.7 Å². The molecular formula is C12H17N7O2. The topological polar surface area (TPSA) is 113 Å². The quantitative estimate of drug-likeness (QED) is 0.782. The molecule has 0 radical (unpaired) electrons. The molecule has 112 valence electrons.